The first-order chi connectivity index (χ1) is 6.63. The van der Waals surface area contributed by atoms with Crippen molar-refractivity contribution in [1.82, 2.24) is 0 Å². The minimum absolute atomic E-state index is 0.332. The fraction of sp³-hybridized carbons (Fsp3) is 0.615. The van der Waals surface area contributed by atoms with Crippen LogP contribution in [0.3, 0.4) is 0 Å². The largest absolute Gasteiger partial charge is 0.197 e. The Balaban J connectivity index is 4.68. The average molecular weight is 191 g/mol. The van der Waals surface area contributed by atoms with Gasteiger partial charge in [0.1, 0.15) is 0 Å². The highest BCUT2D eigenvalue weighted by molar-refractivity contribution is 5.16. The third-order valence-electron chi connectivity index (χ3n) is 2.59. The predicted molar refractivity (Wildman–Crippen MR) is 61.7 cm³/mol. The number of allylic oxidation sites excluding steroid dienone is 3. The Hall–Kier alpha value is -1.03. The van der Waals surface area contributed by atoms with Gasteiger partial charge in [0.15, 0.2) is 0 Å². The molecule has 0 aliphatic carbocycles. The molecule has 0 N–H and O–H groups in total. The molecule has 1 heteroatoms. The Labute approximate surface area is 88.1 Å². The fourth-order valence-corrected chi connectivity index (χ4v) is 1.41. The molecule has 0 aromatic carbocycles. The minimum atomic E-state index is -0.350. The number of rotatable bonds is 6. The van der Waals surface area contributed by atoms with E-state index in [1.165, 1.54) is 0 Å². The number of hydrogen-bond acceptors (Lipinski definition) is 1. The van der Waals surface area contributed by atoms with Crippen molar-refractivity contribution >= 4 is 0 Å². The molecule has 0 aliphatic heterocycles. The third kappa shape index (κ3) is 3.38. The summed E-state index contributed by atoms with van der Waals surface area (Å²) < 4.78 is 0. The molecule has 0 rings (SSSR count). The molecule has 1 atom stereocenters. The monoisotopic (exact) mass is 191 g/mol. The summed E-state index contributed by atoms with van der Waals surface area (Å²) in [5.74, 6) is 0.332. The van der Waals surface area contributed by atoms with Gasteiger partial charge in [0.25, 0.3) is 0 Å². The zero-order valence-corrected chi connectivity index (χ0v) is 9.59. The van der Waals surface area contributed by atoms with Crippen LogP contribution in [0.25, 0.3) is 0 Å². The summed E-state index contributed by atoms with van der Waals surface area (Å²) in [5.41, 5.74) is -0.350. The summed E-state index contributed by atoms with van der Waals surface area (Å²) >= 11 is 0. The topological polar surface area (TPSA) is 23.8 Å². The third-order valence-corrected chi connectivity index (χ3v) is 2.59. The van der Waals surface area contributed by atoms with Gasteiger partial charge in [-0.3, -0.25) is 0 Å². The molecule has 14 heavy (non-hydrogen) atoms. The summed E-state index contributed by atoms with van der Waals surface area (Å²) in [7, 11) is 0. The van der Waals surface area contributed by atoms with Gasteiger partial charge in [-0.1, -0.05) is 45.4 Å². The van der Waals surface area contributed by atoms with Crippen molar-refractivity contribution in [2.24, 2.45) is 11.3 Å². The van der Waals surface area contributed by atoms with Gasteiger partial charge in [-0.05, 0) is 18.8 Å². The Morgan fingerprint density at radius 1 is 1.50 bits per heavy atom. The Bertz CT molecular complexity index is 232. The molecule has 1 unspecified atom stereocenters. The summed E-state index contributed by atoms with van der Waals surface area (Å²) in [5, 5.41) is 9.23. The zero-order chi connectivity index (χ0) is 11.0. The molecule has 0 bridgehead atoms. The number of nitriles is 1. The van der Waals surface area contributed by atoms with Gasteiger partial charge >= 0.3 is 0 Å². The van der Waals surface area contributed by atoms with E-state index in [0.717, 1.165) is 19.3 Å². The SMILES string of the molecule is C=CCC(C#N)(C=CCCC)C(C)C. The minimum Gasteiger partial charge on any atom is -0.197 e. The molecule has 1 nitrogen and oxygen atoms in total. The molecule has 0 aromatic heterocycles. The number of unbranched alkanes of at least 4 members (excludes halogenated alkanes) is 1. The van der Waals surface area contributed by atoms with Crippen LogP contribution in [0, 0.1) is 22.7 Å². The first-order valence-corrected chi connectivity index (χ1v) is 5.32. The van der Waals surface area contributed by atoms with Crippen LogP contribution in [0.2, 0.25) is 0 Å². The van der Waals surface area contributed by atoms with Crippen molar-refractivity contribution in [3.05, 3.63) is 24.8 Å². The molecule has 0 saturated carbocycles. The van der Waals surface area contributed by atoms with E-state index >= 15 is 0 Å². The predicted octanol–water partition coefficient (Wildman–Crippen LogP) is 4.08. The van der Waals surface area contributed by atoms with E-state index in [0.29, 0.717) is 5.92 Å². The van der Waals surface area contributed by atoms with Crippen molar-refractivity contribution in [1.29, 1.82) is 5.26 Å². The van der Waals surface area contributed by atoms with Crippen molar-refractivity contribution in [3.63, 3.8) is 0 Å². The normalized spacial score (nSPS) is 15.4. The summed E-state index contributed by atoms with van der Waals surface area (Å²) in [6, 6.07) is 2.42. The molecular formula is C13H21N. The second kappa shape index (κ2) is 6.43. The molecule has 0 fully saturated rings. The quantitative estimate of drug-likeness (QED) is 0.580. The summed E-state index contributed by atoms with van der Waals surface area (Å²) in [4.78, 5) is 0. The molecule has 0 spiro atoms. The summed E-state index contributed by atoms with van der Waals surface area (Å²) in [6.07, 6.45) is 8.92. The standard InChI is InChI=1S/C13H21N/c1-5-7-8-10-13(11-14,9-6-2)12(3)4/h6,8,10,12H,2,5,7,9H2,1,3-4H3. The number of hydrogen-bond donors (Lipinski definition) is 0. The molecule has 78 valence electrons. The van der Waals surface area contributed by atoms with Gasteiger partial charge < -0.3 is 0 Å². The first kappa shape index (κ1) is 13.0. The molecule has 0 aliphatic rings. The highest BCUT2D eigenvalue weighted by Gasteiger charge is 2.29. The Morgan fingerprint density at radius 3 is 2.50 bits per heavy atom. The lowest BCUT2D eigenvalue weighted by Gasteiger charge is -2.25. The van der Waals surface area contributed by atoms with E-state index in [1.807, 2.05) is 6.08 Å². The van der Waals surface area contributed by atoms with Gasteiger partial charge in [-0.15, -0.1) is 6.58 Å². The molecular weight excluding hydrogens is 170 g/mol. The van der Waals surface area contributed by atoms with E-state index in [2.05, 4.69) is 45.6 Å². The maximum Gasteiger partial charge on any atom is 0.0810 e. The van der Waals surface area contributed by atoms with Crippen molar-refractivity contribution in [2.75, 3.05) is 0 Å². The van der Waals surface area contributed by atoms with Crippen LogP contribution in [0.15, 0.2) is 24.8 Å². The molecule has 0 saturated heterocycles. The lowest BCUT2D eigenvalue weighted by Crippen LogP contribution is -2.22. The second-order valence-electron chi connectivity index (χ2n) is 3.99. The zero-order valence-electron chi connectivity index (χ0n) is 9.59. The smallest absolute Gasteiger partial charge is 0.0810 e. The van der Waals surface area contributed by atoms with Crippen LogP contribution in [-0.2, 0) is 0 Å². The maximum atomic E-state index is 9.23. The maximum absolute atomic E-state index is 9.23. The molecule has 0 heterocycles. The van der Waals surface area contributed by atoms with Crippen LogP contribution in [-0.4, -0.2) is 0 Å². The Morgan fingerprint density at radius 2 is 2.14 bits per heavy atom. The van der Waals surface area contributed by atoms with Crippen LogP contribution in [0.1, 0.15) is 40.0 Å². The second-order valence-corrected chi connectivity index (χ2v) is 3.99. The van der Waals surface area contributed by atoms with Crippen LogP contribution in [0.5, 0.6) is 0 Å². The molecule has 0 radical (unpaired) electrons. The van der Waals surface area contributed by atoms with E-state index in [-0.39, 0.29) is 5.41 Å². The molecule has 0 aromatic rings. The van der Waals surface area contributed by atoms with Gasteiger partial charge in [0.2, 0.25) is 0 Å². The van der Waals surface area contributed by atoms with Crippen LogP contribution < -0.4 is 0 Å². The van der Waals surface area contributed by atoms with E-state index in [4.69, 9.17) is 0 Å². The van der Waals surface area contributed by atoms with Crippen molar-refractivity contribution in [2.45, 2.75) is 40.0 Å². The fourth-order valence-electron chi connectivity index (χ4n) is 1.41. The van der Waals surface area contributed by atoms with Gasteiger partial charge in [-0.2, -0.15) is 5.26 Å². The highest BCUT2D eigenvalue weighted by Crippen LogP contribution is 2.33. The van der Waals surface area contributed by atoms with E-state index < -0.39 is 0 Å². The van der Waals surface area contributed by atoms with E-state index in [9.17, 15) is 5.26 Å². The van der Waals surface area contributed by atoms with Crippen LogP contribution >= 0.6 is 0 Å². The summed E-state index contributed by atoms with van der Waals surface area (Å²) in [6.45, 7) is 10.0. The van der Waals surface area contributed by atoms with Crippen LogP contribution in [0.4, 0.5) is 0 Å². The van der Waals surface area contributed by atoms with Crippen molar-refractivity contribution < 1.29 is 0 Å². The molecule has 0 amide bonds. The van der Waals surface area contributed by atoms with Gasteiger partial charge in [-0.25, -0.2) is 0 Å². The van der Waals surface area contributed by atoms with Crippen molar-refractivity contribution in [3.8, 4) is 6.07 Å². The van der Waals surface area contributed by atoms with Gasteiger partial charge in [0.05, 0.1) is 11.5 Å². The van der Waals surface area contributed by atoms with Gasteiger partial charge in [0, 0.05) is 0 Å². The lowest BCUT2D eigenvalue weighted by atomic mass is 9.75. The average Bonchev–Trinajstić information content (AvgIpc) is 2.16. The van der Waals surface area contributed by atoms with E-state index in [1.54, 1.807) is 0 Å². The Kier molecular flexibility index (Phi) is 5.95. The first-order valence-electron chi connectivity index (χ1n) is 5.32. The lowest BCUT2D eigenvalue weighted by molar-refractivity contribution is 0.361. The number of nitrogens with zero attached hydrogens (tertiary/aromatic N) is 1. The highest BCUT2D eigenvalue weighted by atomic mass is 14.4.